The van der Waals surface area contributed by atoms with E-state index in [1.165, 1.54) is 6.08 Å². The van der Waals surface area contributed by atoms with Crippen LogP contribution in [0.15, 0.2) is 43.1 Å². The molecule has 2 saturated heterocycles. The maximum absolute atomic E-state index is 12.9. The van der Waals surface area contributed by atoms with Gasteiger partial charge in [-0.2, -0.15) is 19.6 Å². The topological polar surface area (TPSA) is 114 Å². The SMILES string of the molecule is C=CC(=O)N1CCC(C(=O)Cc2cccc(CNc3nc(NC4CCOCC4)nc4c(C(C)C)cnn34)c2)C1. The lowest BCUT2D eigenvalue weighted by Gasteiger charge is -2.23. The number of rotatable bonds is 10. The van der Waals surface area contributed by atoms with Crippen LogP contribution in [0.4, 0.5) is 11.9 Å². The molecule has 0 bridgehead atoms. The van der Waals surface area contributed by atoms with Gasteiger partial charge in [0.15, 0.2) is 5.65 Å². The molecule has 2 N–H and O–H groups in total. The van der Waals surface area contributed by atoms with Crippen molar-refractivity contribution in [3.63, 3.8) is 0 Å². The molecule has 0 aliphatic carbocycles. The second-order valence-electron chi connectivity index (χ2n) is 10.7. The van der Waals surface area contributed by atoms with E-state index in [1.807, 2.05) is 24.4 Å². The van der Waals surface area contributed by atoms with E-state index >= 15 is 0 Å². The Hall–Kier alpha value is -3.79. The van der Waals surface area contributed by atoms with Crippen molar-refractivity contribution < 1.29 is 14.3 Å². The molecule has 5 rings (SSSR count). The quantitative estimate of drug-likeness (QED) is 0.382. The fraction of sp³-hybridized carbons (Fsp3) is 0.483. The van der Waals surface area contributed by atoms with E-state index in [9.17, 15) is 9.59 Å². The van der Waals surface area contributed by atoms with Crippen LogP contribution in [0.25, 0.3) is 5.65 Å². The summed E-state index contributed by atoms with van der Waals surface area (Å²) < 4.78 is 7.25. The van der Waals surface area contributed by atoms with Gasteiger partial charge >= 0.3 is 0 Å². The Labute approximate surface area is 228 Å². The van der Waals surface area contributed by atoms with Crippen molar-refractivity contribution in [2.24, 2.45) is 5.92 Å². The van der Waals surface area contributed by atoms with Gasteiger partial charge in [0.05, 0.1) is 6.20 Å². The molecule has 4 heterocycles. The number of hydrogen-bond donors (Lipinski definition) is 2. The van der Waals surface area contributed by atoms with E-state index in [0.717, 1.165) is 48.4 Å². The Bertz CT molecular complexity index is 1350. The fourth-order valence-electron chi connectivity index (χ4n) is 5.23. The number of ether oxygens (including phenoxy) is 1. The van der Waals surface area contributed by atoms with Gasteiger partial charge in [-0.15, -0.1) is 0 Å². The van der Waals surface area contributed by atoms with Gasteiger partial charge in [0.25, 0.3) is 0 Å². The monoisotopic (exact) mass is 531 g/mol. The molecular formula is C29H37N7O3. The summed E-state index contributed by atoms with van der Waals surface area (Å²) in [7, 11) is 0. The lowest BCUT2D eigenvalue weighted by molar-refractivity contribution is -0.125. The number of Topliss-reactive ketones (excluding diaryl/α,β-unsaturated/α-hetero) is 1. The molecule has 2 aliphatic heterocycles. The average molecular weight is 532 g/mol. The van der Waals surface area contributed by atoms with Gasteiger partial charge < -0.3 is 20.3 Å². The van der Waals surface area contributed by atoms with E-state index in [-0.39, 0.29) is 29.6 Å². The number of benzene rings is 1. The third-order valence-electron chi connectivity index (χ3n) is 7.52. The summed E-state index contributed by atoms with van der Waals surface area (Å²) in [6.45, 7) is 10.9. The highest BCUT2D eigenvalue weighted by molar-refractivity contribution is 5.89. The van der Waals surface area contributed by atoms with Gasteiger partial charge in [0.2, 0.25) is 17.8 Å². The van der Waals surface area contributed by atoms with Gasteiger partial charge in [-0.3, -0.25) is 9.59 Å². The molecule has 10 heteroatoms. The first-order chi connectivity index (χ1) is 18.9. The number of likely N-dealkylation sites (tertiary alicyclic amines) is 1. The minimum absolute atomic E-state index is 0.110. The summed E-state index contributed by atoms with van der Waals surface area (Å²) in [6, 6.07) is 8.30. The van der Waals surface area contributed by atoms with Crippen LogP contribution in [-0.4, -0.2) is 68.5 Å². The number of anilines is 2. The van der Waals surface area contributed by atoms with Crippen LogP contribution in [0, 0.1) is 5.92 Å². The minimum Gasteiger partial charge on any atom is -0.381 e. The normalized spacial score (nSPS) is 18.0. The third kappa shape index (κ3) is 6.27. The van der Waals surface area contributed by atoms with E-state index in [0.29, 0.717) is 44.4 Å². The molecule has 1 atom stereocenters. The summed E-state index contributed by atoms with van der Waals surface area (Å²) in [5.74, 6) is 1.40. The van der Waals surface area contributed by atoms with Crippen molar-refractivity contribution in [1.29, 1.82) is 0 Å². The number of ketones is 1. The summed E-state index contributed by atoms with van der Waals surface area (Å²) >= 11 is 0. The van der Waals surface area contributed by atoms with Crippen molar-refractivity contribution in [2.75, 3.05) is 36.9 Å². The molecule has 1 amide bonds. The van der Waals surface area contributed by atoms with Gasteiger partial charge in [0.1, 0.15) is 5.78 Å². The number of aromatic nitrogens is 4. The van der Waals surface area contributed by atoms with Crippen LogP contribution in [0.5, 0.6) is 0 Å². The van der Waals surface area contributed by atoms with Crippen molar-refractivity contribution in [3.8, 4) is 0 Å². The maximum Gasteiger partial charge on any atom is 0.245 e. The van der Waals surface area contributed by atoms with Crippen molar-refractivity contribution in [3.05, 3.63) is 59.8 Å². The summed E-state index contributed by atoms with van der Waals surface area (Å²) in [4.78, 5) is 36.1. The first kappa shape index (κ1) is 26.8. The molecule has 0 spiro atoms. The lowest BCUT2D eigenvalue weighted by atomic mass is 9.96. The van der Waals surface area contributed by atoms with E-state index in [4.69, 9.17) is 14.7 Å². The van der Waals surface area contributed by atoms with Gasteiger partial charge in [-0.1, -0.05) is 44.7 Å². The minimum atomic E-state index is -0.124. The molecule has 10 nitrogen and oxygen atoms in total. The Kier molecular flexibility index (Phi) is 8.21. The number of fused-ring (bicyclic) bond motifs is 1. The second-order valence-corrected chi connectivity index (χ2v) is 10.7. The number of carbonyl (C=O) groups excluding carboxylic acids is 2. The highest BCUT2D eigenvalue weighted by Gasteiger charge is 2.29. The van der Waals surface area contributed by atoms with Crippen LogP contribution in [0.1, 0.15) is 55.7 Å². The molecule has 1 unspecified atom stereocenters. The van der Waals surface area contributed by atoms with E-state index in [2.05, 4.69) is 42.2 Å². The zero-order chi connectivity index (χ0) is 27.4. The van der Waals surface area contributed by atoms with Gasteiger partial charge in [-0.05, 0) is 42.4 Å². The van der Waals surface area contributed by atoms with Crippen LogP contribution in [0.2, 0.25) is 0 Å². The largest absolute Gasteiger partial charge is 0.381 e. The van der Waals surface area contributed by atoms with Crippen LogP contribution < -0.4 is 10.6 Å². The smallest absolute Gasteiger partial charge is 0.245 e. The molecule has 206 valence electrons. The molecular weight excluding hydrogens is 494 g/mol. The van der Waals surface area contributed by atoms with E-state index < -0.39 is 0 Å². The molecule has 0 saturated carbocycles. The predicted molar refractivity (Wildman–Crippen MR) is 150 cm³/mol. The number of amides is 1. The van der Waals surface area contributed by atoms with E-state index in [1.54, 1.807) is 9.42 Å². The highest BCUT2D eigenvalue weighted by atomic mass is 16.5. The van der Waals surface area contributed by atoms with Crippen molar-refractivity contribution in [1.82, 2.24) is 24.5 Å². The first-order valence-corrected chi connectivity index (χ1v) is 13.8. The molecule has 39 heavy (non-hydrogen) atoms. The Balaban J connectivity index is 1.29. The molecule has 3 aromatic rings. The molecule has 2 aliphatic rings. The second kappa shape index (κ2) is 11.9. The summed E-state index contributed by atoms with van der Waals surface area (Å²) in [5.41, 5.74) is 3.86. The highest BCUT2D eigenvalue weighted by Crippen LogP contribution is 2.24. The van der Waals surface area contributed by atoms with Gasteiger partial charge in [-0.25, -0.2) is 0 Å². The van der Waals surface area contributed by atoms with Gasteiger partial charge in [0, 0.05) is 56.8 Å². The van der Waals surface area contributed by atoms with Crippen molar-refractivity contribution in [2.45, 2.75) is 58.0 Å². The molecule has 2 fully saturated rings. The molecule has 2 aromatic heterocycles. The van der Waals surface area contributed by atoms with Crippen LogP contribution in [0.3, 0.4) is 0 Å². The predicted octanol–water partition coefficient (Wildman–Crippen LogP) is 3.60. The number of carbonyl (C=O) groups is 2. The Morgan fingerprint density at radius 3 is 2.74 bits per heavy atom. The Morgan fingerprint density at radius 2 is 1.97 bits per heavy atom. The standard InChI is InChI=1S/C29H37N7O3/c1-4-26(38)35-11-8-22(18-35)25(37)15-20-6-5-7-21(14-20)16-30-29-34-28(32-23-9-12-39-13-10-23)33-27-24(19(2)3)17-31-36(27)29/h4-7,14,17,19,22-23H,1,8-13,15-16,18H2,2-3H3,(H2,30,32,33,34). The number of hydrogen-bond acceptors (Lipinski definition) is 8. The lowest BCUT2D eigenvalue weighted by Crippen LogP contribution is -2.29. The summed E-state index contributed by atoms with van der Waals surface area (Å²) in [6.07, 6.45) is 6.06. The molecule has 0 radical (unpaired) electrons. The maximum atomic E-state index is 12.9. The first-order valence-electron chi connectivity index (χ1n) is 13.8. The average Bonchev–Trinajstić information content (AvgIpc) is 3.60. The van der Waals surface area contributed by atoms with Crippen LogP contribution in [-0.2, 0) is 27.3 Å². The zero-order valence-electron chi connectivity index (χ0n) is 22.7. The fourth-order valence-corrected chi connectivity index (χ4v) is 5.23. The van der Waals surface area contributed by atoms with Crippen LogP contribution >= 0.6 is 0 Å². The Morgan fingerprint density at radius 1 is 1.18 bits per heavy atom. The third-order valence-corrected chi connectivity index (χ3v) is 7.52. The van der Waals surface area contributed by atoms with Crippen molar-refractivity contribution >= 4 is 29.2 Å². The number of nitrogens with zero attached hydrogens (tertiary/aromatic N) is 5. The summed E-state index contributed by atoms with van der Waals surface area (Å²) in [5, 5.41) is 11.5. The molecule has 1 aromatic carbocycles. The number of nitrogens with one attached hydrogen (secondary N) is 2. The zero-order valence-corrected chi connectivity index (χ0v) is 22.7.